The van der Waals surface area contributed by atoms with Gasteiger partial charge in [-0.1, -0.05) is 0 Å². The molecule has 1 aliphatic carbocycles. The minimum atomic E-state index is -0.169. The predicted octanol–water partition coefficient (Wildman–Crippen LogP) is 0.505. The second-order valence-corrected chi connectivity index (χ2v) is 3.07. The highest BCUT2D eigenvalue weighted by Crippen LogP contribution is 2.22. The van der Waals surface area contributed by atoms with Crippen molar-refractivity contribution in [1.82, 2.24) is 0 Å². The van der Waals surface area contributed by atoms with Crippen LogP contribution in [0.5, 0.6) is 0 Å². The normalized spacial score (nSPS) is 29.6. The highest BCUT2D eigenvalue weighted by molar-refractivity contribution is 5.75. The molecule has 0 bridgehead atoms. The minimum absolute atomic E-state index is 0.157. The monoisotopic (exact) mass is 158 g/mol. The van der Waals surface area contributed by atoms with E-state index in [1.54, 1.807) is 6.92 Å². The lowest BCUT2D eigenvalue weighted by Crippen LogP contribution is -2.35. The molecule has 0 saturated heterocycles. The van der Waals surface area contributed by atoms with Crippen molar-refractivity contribution < 1.29 is 14.6 Å². The Morgan fingerprint density at radius 2 is 2.27 bits per heavy atom. The van der Waals surface area contributed by atoms with Crippen molar-refractivity contribution in [2.24, 2.45) is 0 Å². The van der Waals surface area contributed by atoms with Crippen LogP contribution in [0.4, 0.5) is 0 Å². The van der Waals surface area contributed by atoms with Crippen molar-refractivity contribution in [2.45, 2.75) is 38.4 Å². The number of ether oxygens (including phenoxy) is 1. The molecule has 11 heavy (non-hydrogen) atoms. The first kappa shape index (κ1) is 8.68. The van der Waals surface area contributed by atoms with Gasteiger partial charge in [-0.25, -0.2) is 0 Å². The van der Waals surface area contributed by atoms with E-state index >= 15 is 0 Å². The van der Waals surface area contributed by atoms with Crippen LogP contribution >= 0.6 is 0 Å². The third-order valence-electron chi connectivity index (χ3n) is 1.88. The number of aliphatic hydroxyl groups is 1. The van der Waals surface area contributed by atoms with E-state index < -0.39 is 0 Å². The molecule has 0 spiro atoms. The molecule has 1 fully saturated rings. The topological polar surface area (TPSA) is 46.5 Å². The van der Waals surface area contributed by atoms with Gasteiger partial charge >= 0.3 is 0 Å². The second kappa shape index (κ2) is 3.83. The molecule has 0 aromatic carbocycles. The predicted molar refractivity (Wildman–Crippen MR) is 40.3 cm³/mol. The van der Waals surface area contributed by atoms with Crippen molar-refractivity contribution in [3.8, 4) is 0 Å². The Morgan fingerprint density at radius 1 is 1.64 bits per heavy atom. The van der Waals surface area contributed by atoms with Gasteiger partial charge in [-0.2, -0.15) is 0 Å². The summed E-state index contributed by atoms with van der Waals surface area (Å²) in [5, 5.41) is 8.88. The van der Waals surface area contributed by atoms with Gasteiger partial charge in [-0.15, -0.1) is 0 Å². The first-order valence-electron chi connectivity index (χ1n) is 3.97. The van der Waals surface area contributed by atoms with Crippen LogP contribution in [0.2, 0.25) is 0 Å². The number of hydrogen-bond acceptors (Lipinski definition) is 3. The van der Waals surface area contributed by atoms with E-state index in [-0.39, 0.29) is 18.0 Å². The summed E-state index contributed by atoms with van der Waals surface area (Å²) < 4.78 is 5.28. The fourth-order valence-corrected chi connectivity index (χ4v) is 1.04. The van der Waals surface area contributed by atoms with Crippen LogP contribution in [0, 0.1) is 0 Å². The summed E-state index contributed by atoms with van der Waals surface area (Å²) >= 11 is 0. The molecule has 1 N–H and O–H groups in total. The number of Topliss-reactive ketones (excluding diaryl/α,β-unsaturated/α-hetero) is 1. The zero-order valence-electron chi connectivity index (χ0n) is 6.75. The van der Waals surface area contributed by atoms with Gasteiger partial charge in [0.2, 0.25) is 0 Å². The van der Waals surface area contributed by atoms with Crippen LogP contribution in [0.1, 0.15) is 26.2 Å². The van der Waals surface area contributed by atoms with E-state index in [2.05, 4.69) is 0 Å². The van der Waals surface area contributed by atoms with Crippen molar-refractivity contribution in [2.75, 3.05) is 6.61 Å². The standard InChI is InChI=1S/C8H14O3/c1-6(9)2-3-11-8-4-7(10)5-8/h7-8,10H,2-5H2,1H3. The van der Waals surface area contributed by atoms with Crippen molar-refractivity contribution in [1.29, 1.82) is 0 Å². The zero-order valence-corrected chi connectivity index (χ0v) is 6.75. The summed E-state index contributed by atoms with van der Waals surface area (Å²) in [6, 6.07) is 0. The smallest absolute Gasteiger partial charge is 0.132 e. The molecule has 0 amide bonds. The summed E-state index contributed by atoms with van der Waals surface area (Å²) in [4.78, 5) is 10.5. The van der Waals surface area contributed by atoms with Gasteiger partial charge in [0.1, 0.15) is 5.78 Å². The van der Waals surface area contributed by atoms with E-state index in [1.807, 2.05) is 0 Å². The molecule has 0 aliphatic heterocycles. The number of hydrogen-bond donors (Lipinski definition) is 1. The molecular weight excluding hydrogens is 144 g/mol. The molecule has 64 valence electrons. The van der Waals surface area contributed by atoms with Crippen molar-refractivity contribution >= 4 is 5.78 Å². The van der Waals surface area contributed by atoms with Gasteiger partial charge in [0.15, 0.2) is 0 Å². The van der Waals surface area contributed by atoms with E-state index in [9.17, 15) is 4.79 Å². The third kappa shape index (κ3) is 2.99. The average molecular weight is 158 g/mol. The number of rotatable bonds is 4. The highest BCUT2D eigenvalue weighted by atomic mass is 16.5. The van der Waals surface area contributed by atoms with Gasteiger partial charge in [0.25, 0.3) is 0 Å². The summed E-state index contributed by atoms with van der Waals surface area (Å²) in [5.41, 5.74) is 0. The number of aliphatic hydroxyl groups excluding tert-OH is 1. The molecule has 3 heteroatoms. The van der Waals surface area contributed by atoms with Crippen LogP contribution in [0.3, 0.4) is 0 Å². The first-order valence-corrected chi connectivity index (χ1v) is 3.97. The van der Waals surface area contributed by atoms with E-state index in [0.717, 1.165) is 12.8 Å². The van der Waals surface area contributed by atoms with Gasteiger partial charge in [0.05, 0.1) is 18.8 Å². The molecule has 1 aliphatic rings. The van der Waals surface area contributed by atoms with E-state index in [4.69, 9.17) is 9.84 Å². The van der Waals surface area contributed by atoms with Crippen LogP contribution < -0.4 is 0 Å². The van der Waals surface area contributed by atoms with Gasteiger partial charge in [0, 0.05) is 6.42 Å². The fourth-order valence-electron chi connectivity index (χ4n) is 1.04. The average Bonchev–Trinajstić information content (AvgIpc) is 1.83. The molecule has 0 aromatic heterocycles. The zero-order chi connectivity index (χ0) is 8.27. The summed E-state index contributed by atoms with van der Waals surface area (Å²) in [5.74, 6) is 0.157. The summed E-state index contributed by atoms with van der Waals surface area (Å²) in [6.07, 6.45) is 1.99. The summed E-state index contributed by atoms with van der Waals surface area (Å²) in [6.45, 7) is 2.06. The Labute approximate surface area is 66.4 Å². The number of ketones is 1. The molecule has 0 radical (unpaired) electrons. The fraction of sp³-hybridized carbons (Fsp3) is 0.875. The molecule has 1 rings (SSSR count). The first-order chi connectivity index (χ1) is 5.18. The second-order valence-electron chi connectivity index (χ2n) is 3.07. The van der Waals surface area contributed by atoms with Crippen LogP contribution in [-0.4, -0.2) is 29.7 Å². The Balaban J connectivity index is 1.92. The van der Waals surface area contributed by atoms with Crippen molar-refractivity contribution in [3.63, 3.8) is 0 Å². The Morgan fingerprint density at radius 3 is 2.73 bits per heavy atom. The maximum absolute atomic E-state index is 10.5. The maximum Gasteiger partial charge on any atom is 0.132 e. The Kier molecular flexibility index (Phi) is 3.02. The minimum Gasteiger partial charge on any atom is -0.393 e. The molecule has 0 unspecified atom stereocenters. The van der Waals surface area contributed by atoms with Crippen molar-refractivity contribution in [3.05, 3.63) is 0 Å². The van der Waals surface area contributed by atoms with Crippen LogP contribution in [0.15, 0.2) is 0 Å². The van der Waals surface area contributed by atoms with Crippen LogP contribution in [0.25, 0.3) is 0 Å². The van der Waals surface area contributed by atoms with E-state index in [0.29, 0.717) is 13.0 Å². The number of carbonyl (C=O) groups is 1. The molecule has 3 nitrogen and oxygen atoms in total. The largest absolute Gasteiger partial charge is 0.393 e. The SMILES string of the molecule is CC(=O)CCOC1CC(O)C1. The Bertz CT molecular complexity index is 138. The van der Waals surface area contributed by atoms with Gasteiger partial charge < -0.3 is 9.84 Å². The maximum atomic E-state index is 10.5. The molecule has 0 heterocycles. The quantitative estimate of drug-likeness (QED) is 0.648. The Hall–Kier alpha value is -0.410. The number of carbonyl (C=O) groups excluding carboxylic acids is 1. The third-order valence-corrected chi connectivity index (χ3v) is 1.88. The molecule has 0 aromatic rings. The molecule has 0 atom stereocenters. The lowest BCUT2D eigenvalue weighted by atomic mass is 9.92. The van der Waals surface area contributed by atoms with E-state index in [1.165, 1.54) is 0 Å². The summed E-state index contributed by atoms with van der Waals surface area (Å²) in [7, 11) is 0. The van der Waals surface area contributed by atoms with Gasteiger partial charge in [-0.3, -0.25) is 4.79 Å². The lowest BCUT2D eigenvalue weighted by Gasteiger charge is -2.30. The highest BCUT2D eigenvalue weighted by Gasteiger charge is 2.27. The lowest BCUT2D eigenvalue weighted by molar-refractivity contribution is -0.120. The molecular formula is C8H14O3. The van der Waals surface area contributed by atoms with Gasteiger partial charge in [-0.05, 0) is 19.8 Å². The van der Waals surface area contributed by atoms with Crippen LogP contribution in [-0.2, 0) is 9.53 Å². The molecule has 1 saturated carbocycles.